The van der Waals surface area contributed by atoms with Gasteiger partial charge in [-0.05, 0) is 18.1 Å². The predicted octanol–water partition coefficient (Wildman–Crippen LogP) is 3.12. The van der Waals surface area contributed by atoms with Crippen molar-refractivity contribution in [2.24, 2.45) is 5.92 Å². The molecule has 2 aromatic carbocycles. The van der Waals surface area contributed by atoms with Crippen molar-refractivity contribution in [3.8, 4) is 12.3 Å². The lowest BCUT2D eigenvalue weighted by molar-refractivity contribution is -0.192. The summed E-state index contributed by atoms with van der Waals surface area (Å²) in [6, 6.07) is 11.0. The van der Waals surface area contributed by atoms with E-state index in [2.05, 4.69) is 17.8 Å². The molecule has 8 nitrogen and oxygen atoms in total. The van der Waals surface area contributed by atoms with Crippen LogP contribution in [-0.4, -0.2) is 69.5 Å². The van der Waals surface area contributed by atoms with Gasteiger partial charge in [-0.15, -0.1) is 13.0 Å². The summed E-state index contributed by atoms with van der Waals surface area (Å²) in [5, 5.41) is 5.74. The molecule has 2 saturated heterocycles. The molecule has 3 atom stereocenters. The highest BCUT2D eigenvalue weighted by atomic mass is 19.1. The molecule has 10 heteroatoms. The van der Waals surface area contributed by atoms with E-state index in [1.807, 2.05) is 37.3 Å². The first-order chi connectivity index (χ1) is 18.8. The maximum Gasteiger partial charge on any atom is 0.334 e. The Balaban J connectivity index is 1.71. The summed E-state index contributed by atoms with van der Waals surface area (Å²) in [5.41, 5.74) is 0.994. The maximum atomic E-state index is 14.6. The highest BCUT2D eigenvalue weighted by Gasteiger charge is 2.52. The standard InChI is InChI=1S/C29H31F2N5O3/c1-4-14-34-19-26(37)35-25(36(34)29(39)32-16-20-10-8-7-9-11-20)18-33(28(38)27(35)21(5-2)6-3)17-22-12-13-23(30)15-24(22)31/h1,5,7-13,15,21,25,27H,2,6,14,16-19H2,3H3,(H,32,39)/t21?,25-,27-/m0/s1. The number of halogens is 2. The van der Waals surface area contributed by atoms with Crippen molar-refractivity contribution in [1.82, 2.24) is 25.1 Å². The molecule has 4 rings (SSSR count). The molecule has 0 spiro atoms. The van der Waals surface area contributed by atoms with Crippen LogP contribution < -0.4 is 5.32 Å². The Morgan fingerprint density at radius 1 is 1.23 bits per heavy atom. The summed E-state index contributed by atoms with van der Waals surface area (Å²) in [5.74, 6) is -0.195. The number of hydrazine groups is 1. The third-order valence-corrected chi connectivity index (χ3v) is 7.09. The van der Waals surface area contributed by atoms with Gasteiger partial charge in [-0.3, -0.25) is 9.59 Å². The second-order valence-corrected chi connectivity index (χ2v) is 9.50. The molecule has 2 heterocycles. The van der Waals surface area contributed by atoms with E-state index in [-0.39, 0.29) is 44.2 Å². The van der Waals surface area contributed by atoms with Crippen LogP contribution in [0.2, 0.25) is 0 Å². The summed E-state index contributed by atoms with van der Waals surface area (Å²) in [6.07, 6.45) is 6.78. The van der Waals surface area contributed by atoms with Crippen molar-refractivity contribution in [3.05, 3.63) is 83.9 Å². The van der Waals surface area contributed by atoms with Crippen molar-refractivity contribution in [1.29, 1.82) is 0 Å². The Hall–Kier alpha value is -4.23. The molecule has 0 saturated carbocycles. The van der Waals surface area contributed by atoms with Crippen LogP contribution in [0.1, 0.15) is 24.5 Å². The number of nitrogens with zero attached hydrogens (tertiary/aromatic N) is 4. The highest BCUT2D eigenvalue weighted by Crippen LogP contribution is 2.32. The lowest BCUT2D eigenvalue weighted by Gasteiger charge is -2.55. The van der Waals surface area contributed by atoms with Gasteiger partial charge in [-0.1, -0.05) is 55.3 Å². The van der Waals surface area contributed by atoms with Gasteiger partial charge in [0.15, 0.2) is 0 Å². The predicted molar refractivity (Wildman–Crippen MR) is 141 cm³/mol. The van der Waals surface area contributed by atoms with Gasteiger partial charge in [-0.2, -0.15) is 5.01 Å². The van der Waals surface area contributed by atoms with Crippen molar-refractivity contribution >= 4 is 17.8 Å². The van der Waals surface area contributed by atoms with Crippen LogP contribution in [0, 0.1) is 29.9 Å². The first-order valence-electron chi connectivity index (χ1n) is 12.7. The van der Waals surface area contributed by atoms with Crippen molar-refractivity contribution in [2.45, 2.75) is 38.6 Å². The molecule has 1 unspecified atom stereocenters. The maximum absolute atomic E-state index is 14.6. The molecule has 1 N–H and O–H groups in total. The van der Waals surface area contributed by atoms with E-state index in [9.17, 15) is 23.2 Å². The molecule has 39 heavy (non-hydrogen) atoms. The zero-order chi connectivity index (χ0) is 28.1. The first-order valence-corrected chi connectivity index (χ1v) is 12.7. The van der Waals surface area contributed by atoms with E-state index in [0.29, 0.717) is 6.42 Å². The van der Waals surface area contributed by atoms with Gasteiger partial charge in [0.1, 0.15) is 23.8 Å². The number of carbonyl (C=O) groups is 3. The number of carbonyl (C=O) groups excluding carboxylic acids is 3. The van der Waals surface area contributed by atoms with Crippen molar-refractivity contribution in [3.63, 3.8) is 0 Å². The molecule has 0 aromatic heterocycles. The van der Waals surface area contributed by atoms with Gasteiger partial charge in [0.25, 0.3) is 0 Å². The summed E-state index contributed by atoms with van der Waals surface area (Å²) >= 11 is 0. The van der Waals surface area contributed by atoms with Crippen LogP contribution in [0.4, 0.5) is 13.6 Å². The minimum Gasteiger partial charge on any atom is -0.333 e. The molecular formula is C29H31F2N5O3. The minimum absolute atomic E-state index is 0.0152. The molecular weight excluding hydrogens is 504 g/mol. The molecule has 4 amide bonds. The smallest absolute Gasteiger partial charge is 0.333 e. The fourth-order valence-electron chi connectivity index (χ4n) is 5.15. The Morgan fingerprint density at radius 3 is 2.62 bits per heavy atom. The van der Waals surface area contributed by atoms with Gasteiger partial charge in [0.2, 0.25) is 11.8 Å². The first kappa shape index (κ1) is 27.8. The number of benzene rings is 2. The summed E-state index contributed by atoms with van der Waals surface area (Å²) in [6.45, 7) is 5.50. The number of urea groups is 1. The second-order valence-electron chi connectivity index (χ2n) is 9.50. The van der Waals surface area contributed by atoms with Crippen LogP contribution in [-0.2, 0) is 22.7 Å². The number of rotatable bonds is 8. The molecule has 0 radical (unpaired) electrons. The third kappa shape index (κ3) is 5.78. The Bertz CT molecular complexity index is 1280. The number of hydrogen-bond acceptors (Lipinski definition) is 4. The number of fused-ring (bicyclic) bond motifs is 1. The van der Waals surface area contributed by atoms with E-state index in [1.165, 1.54) is 25.9 Å². The molecule has 0 bridgehead atoms. The molecule has 2 aliphatic heterocycles. The van der Waals surface area contributed by atoms with Gasteiger partial charge in [-0.25, -0.2) is 18.6 Å². The molecule has 0 aliphatic carbocycles. The third-order valence-electron chi connectivity index (χ3n) is 7.09. The lowest BCUT2D eigenvalue weighted by Crippen LogP contribution is -2.77. The Kier molecular flexibility index (Phi) is 8.62. The second kappa shape index (κ2) is 12.1. The van der Waals surface area contributed by atoms with Crippen molar-refractivity contribution in [2.75, 3.05) is 19.6 Å². The largest absolute Gasteiger partial charge is 0.334 e. The Labute approximate surface area is 226 Å². The average molecular weight is 536 g/mol. The van der Waals surface area contributed by atoms with Gasteiger partial charge < -0.3 is 15.1 Å². The quantitative estimate of drug-likeness (QED) is 0.417. The lowest BCUT2D eigenvalue weighted by atomic mass is 9.91. The Morgan fingerprint density at radius 2 is 1.97 bits per heavy atom. The normalized spacial score (nSPS) is 20.3. The zero-order valence-electron chi connectivity index (χ0n) is 21.7. The van der Waals surface area contributed by atoms with E-state index in [4.69, 9.17) is 6.42 Å². The van der Waals surface area contributed by atoms with Crippen LogP contribution >= 0.6 is 0 Å². The summed E-state index contributed by atoms with van der Waals surface area (Å²) in [4.78, 5) is 43.7. The minimum atomic E-state index is -0.959. The fourth-order valence-corrected chi connectivity index (χ4v) is 5.15. The van der Waals surface area contributed by atoms with Crippen LogP contribution in [0.3, 0.4) is 0 Å². The van der Waals surface area contributed by atoms with Crippen LogP contribution in [0.5, 0.6) is 0 Å². The molecule has 2 aliphatic rings. The van der Waals surface area contributed by atoms with Crippen LogP contribution in [0.15, 0.2) is 61.2 Å². The number of piperazine rings is 1. The van der Waals surface area contributed by atoms with E-state index in [1.54, 1.807) is 6.08 Å². The number of terminal acetylenes is 1. The summed E-state index contributed by atoms with van der Waals surface area (Å²) < 4.78 is 28.1. The van der Waals surface area contributed by atoms with E-state index < -0.39 is 41.7 Å². The topological polar surface area (TPSA) is 76.2 Å². The zero-order valence-corrected chi connectivity index (χ0v) is 21.7. The SMILES string of the molecule is C#CCN1CC(=O)N2[C@@H](C(C=C)CC)C(=O)N(Cc3ccc(F)cc3F)C[C@@H]2N1C(=O)NCc1ccccc1. The van der Waals surface area contributed by atoms with Crippen LogP contribution in [0.25, 0.3) is 0 Å². The number of nitrogens with one attached hydrogen (secondary N) is 1. The number of hydrogen-bond donors (Lipinski definition) is 1. The average Bonchev–Trinajstić information content (AvgIpc) is 2.92. The fraction of sp³-hybridized carbons (Fsp3) is 0.345. The van der Waals surface area contributed by atoms with Crippen molar-refractivity contribution < 1.29 is 23.2 Å². The molecule has 2 aromatic rings. The summed E-state index contributed by atoms with van der Waals surface area (Å²) in [7, 11) is 0. The van der Waals surface area contributed by atoms with Gasteiger partial charge in [0.05, 0.1) is 19.6 Å². The molecule has 204 valence electrons. The van der Waals surface area contributed by atoms with Gasteiger partial charge >= 0.3 is 6.03 Å². The molecule has 2 fully saturated rings. The van der Waals surface area contributed by atoms with Gasteiger partial charge in [0, 0.05) is 30.6 Å². The monoisotopic (exact) mass is 535 g/mol. The van der Waals surface area contributed by atoms with E-state index >= 15 is 0 Å². The highest BCUT2D eigenvalue weighted by molar-refractivity contribution is 5.92. The van der Waals surface area contributed by atoms with E-state index in [0.717, 1.165) is 17.7 Å². The number of amides is 4.